The van der Waals surface area contributed by atoms with Crippen LogP contribution >= 0.6 is 0 Å². The van der Waals surface area contributed by atoms with Crippen LogP contribution in [-0.2, 0) is 3.74 Å². The van der Waals surface area contributed by atoms with Crippen LogP contribution in [0.1, 0.15) is 0 Å². The Labute approximate surface area is 200 Å². The number of hydrogen-bond acceptors (Lipinski definition) is 10. The molecule has 0 radical (unpaired) electrons. The molecule has 0 aromatic heterocycles. The molecule has 3 aromatic rings. The second-order valence-electron chi connectivity index (χ2n) is 6.95. The first-order valence-electron chi connectivity index (χ1n) is 9.67. The molecule has 3 aromatic carbocycles. The summed E-state index contributed by atoms with van der Waals surface area (Å²) in [4.78, 5) is 32.7. The van der Waals surface area contributed by atoms with Crippen LogP contribution in [0, 0.1) is 30.3 Å². The molecule has 182 valence electrons. The van der Waals surface area contributed by atoms with E-state index in [1.54, 1.807) is 0 Å². The van der Waals surface area contributed by atoms with Gasteiger partial charge >= 0.3 is 200 Å². The summed E-state index contributed by atoms with van der Waals surface area (Å²) in [6, 6.07) is 10.9. The van der Waals surface area contributed by atoms with E-state index >= 15 is 0 Å². The van der Waals surface area contributed by atoms with Gasteiger partial charge in [-0.05, 0) is 0 Å². The minimum atomic E-state index is -5.02. The number of rotatable bonds is 9. The maximum atomic E-state index is 14.8. The number of nitro benzene ring substituents is 3. The molecule has 14 heteroatoms. The summed E-state index contributed by atoms with van der Waals surface area (Å²) in [5, 5.41) is 34.9. The minimum absolute atomic E-state index is 0.0328. The summed E-state index contributed by atoms with van der Waals surface area (Å²) in [6.07, 6.45) is 0. The van der Waals surface area contributed by atoms with Gasteiger partial charge in [-0.15, -0.1) is 0 Å². The van der Waals surface area contributed by atoms with Crippen molar-refractivity contribution in [3.05, 3.63) is 84.9 Å². The Morgan fingerprint density at radius 2 is 0.829 bits per heavy atom. The molecule has 35 heavy (non-hydrogen) atoms. The van der Waals surface area contributed by atoms with Crippen LogP contribution in [0.4, 0.5) is 17.1 Å². The van der Waals surface area contributed by atoms with Gasteiger partial charge in [0.1, 0.15) is 0 Å². The van der Waals surface area contributed by atoms with Gasteiger partial charge in [0.2, 0.25) is 0 Å². The van der Waals surface area contributed by atoms with Crippen molar-refractivity contribution in [3.63, 3.8) is 0 Å². The Bertz CT molecular complexity index is 1230. The number of benzene rings is 3. The third kappa shape index (κ3) is 4.53. The molecular weight excluding hydrogens is 529 g/mol. The number of methoxy groups -OCH3 is 3. The molecule has 0 saturated carbocycles. The monoisotopic (exact) mass is 547 g/mol. The van der Waals surface area contributed by atoms with Gasteiger partial charge in [0.15, 0.2) is 0 Å². The first kappa shape index (κ1) is 25.2. The molecule has 0 aliphatic carbocycles. The molecule has 0 unspecified atom stereocenters. The van der Waals surface area contributed by atoms with Crippen molar-refractivity contribution in [2.45, 2.75) is 0 Å². The molecule has 0 N–H and O–H groups in total. The van der Waals surface area contributed by atoms with E-state index in [9.17, 15) is 34.1 Å². The molecule has 13 nitrogen and oxygen atoms in total. The van der Waals surface area contributed by atoms with E-state index in [4.69, 9.17) is 14.2 Å². The van der Waals surface area contributed by atoms with E-state index in [0.717, 1.165) is 18.2 Å². The summed E-state index contributed by atoms with van der Waals surface area (Å²) in [5.41, 5.74) is -1.46. The van der Waals surface area contributed by atoms with Gasteiger partial charge in [0.25, 0.3) is 0 Å². The van der Waals surface area contributed by atoms with Gasteiger partial charge in [-0.2, -0.15) is 0 Å². The summed E-state index contributed by atoms with van der Waals surface area (Å²) in [5.74, 6) is -0.285. The van der Waals surface area contributed by atoms with E-state index in [-0.39, 0.29) is 30.3 Å². The normalized spacial score (nSPS) is 10.9. The van der Waals surface area contributed by atoms with E-state index in [1.807, 2.05) is 0 Å². The van der Waals surface area contributed by atoms with E-state index in [1.165, 1.54) is 57.7 Å². The van der Waals surface area contributed by atoms with Gasteiger partial charge in [0, 0.05) is 0 Å². The first-order valence-corrected chi connectivity index (χ1v) is 13.3. The van der Waals surface area contributed by atoms with E-state index in [2.05, 4.69) is 0 Å². The summed E-state index contributed by atoms with van der Waals surface area (Å²) < 4.78 is 29.7. The summed E-state index contributed by atoms with van der Waals surface area (Å²) in [6.45, 7) is 0. The fraction of sp³-hybridized carbons (Fsp3) is 0.143. The topological polar surface area (TPSA) is 174 Å². The second kappa shape index (κ2) is 9.85. The van der Waals surface area contributed by atoms with Crippen LogP contribution in [0.15, 0.2) is 54.6 Å². The Balaban J connectivity index is 2.43. The fourth-order valence-corrected chi connectivity index (χ4v) is 9.08. The van der Waals surface area contributed by atoms with Crippen molar-refractivity contribution >= 4 is 43.6 Å². The molecule has 0 heterocycles. The van der Waals surface area contributed by atoms with Crippen molar-refractivity contribution in [2.24, 2.45) is 0 Å². The number of ether oxygens (including phenoxy) is 3. The van der Waals surface area contributed by atoms with Gasteiger partial charge in [-0.3, -0.25) is 0 Å². The van der Waals surface area contributed by atoms with Crippen LogP contribution in [-0.4, -0.2) is 49.6 Å². The Morgan fingerprint density at radius 1 is 0.571 bits per heavy atom. The number of hydrogen-bond donors (Lipinski definition) is 0. The van der Waals surface area contributed by atoms with Crippen molar-refractivity contribution in [1.29, 1.82) is 0 Å². The molecular formula is C21H18AsN3O10. The molecule has 0 fully saturated rings. The molecule has 0 atom stereocenters. The number of nitrogens with zero attached hydrogens (tertiary/aromatic N) is 3. The SMILES string of the molecule is COc1ccc([As](=O)(c2ccc(OC)c([N+](=O)[O-])c2)c2ccc(OC)c([N+](=O)[O-])c2)cc1[N+](=O)[O-]. The molecule has 3 rings (SSSR count). The van der Waals surface area contributed by atoms with E-state index in [0.29, 0.717) is 0 Å². The molecule has 0 saturated heterocycles. The average molecular weight is 547 g/mol. The standard InChI is InChI=1S/C21H18AsN3O10/c1-33-19-7-4-13(10-16(19)23(27)28)22(26,14-5-8-20(34-2)17(11-14)24(29)30)15-6-9-21(35-3)18(12-15)25(31)32/h4-12H,1-3H3. The van der Waals surface area contributed by atoms with Crippen LogP contribution in [0.25, 0.3) is 0 Å². The molecule has 0 spiro atoms. The van der Waals surface area contributed by atoms with Crippen LogP contribution < -0.4 is 27.3 Å². The second-order valence-corrected chi connectivity index (χ2v) is 12.8. The zero-order valence-corrected chi connectivity index (χ0v) is 20.4. The van der Waals surface area contributed by atoms with Crippen molar-refractivity contribution < 1.29 is 32.7 Å². The maximum absolute atomic E-state index is 14.8. The molecule has 0 bridgehead atoms. The van der Waals surface area contributed by atoms with E-state index < -0.39 is 45.3 Å². The quantitative estimate of drug-likeness (QED) is 0.218. The Hall–Kier alpha value is -4.38. The first-order chi connectivity index (χ1) is 16.6. The van der Waals surface area contributed by atoms with Gasteiger partial charge in [-0.25, -0.2) is 0 Å². The average Bonchev–Trinajstić information content (AvgIpc) is 2.86. The van der Waals surface area contributed by atoms with Crippen molar-refractivity contribution in [3.8, 4) is 17.2 Å². The van der Waals surface area contributed by atoms with Gasteiger partial charge in [0.05, 0.1) is 0 Å². The van der Waals surface area contributed by atoms with Crippen molar-refractivity contribution in [1.82, 2.24) is 0 Å². The van der Waals surface area contributed by atoms with Gasteiger partial charge in [-0.1, -0.05) is 0 Å². The fourth-order valence-electron chi connectivity index (χ4n) is 3.50. The molecule has 0 amide bonds. The van der Waals surface area contributed by atoms with Crippen molar-refractivity contribution in [2.75, 3.05) is 21.3 Å². The van der Waals surface area contributed by atoms with Crippen LogP contribution in [0.2, 0.25) is 0 Å². The van der Waals surface area contributed by atoms with Gasteiger partial charge < -0.3 is 0 Å². The summed E-state index contributed by atoms with van der Waals surface area (Å²) >= 11 is -5.02. The predicted molar refractivity (Wildman–Crippen MR) is 124 cm³/mol. The van der Waals surface area contributed by atoms with Crippen LogP contribution in [0.3, 0.4) is 0 Å². The Morgan fingerprint density at radius 3 is 1.03 bits per heavy atom. The zero-order chi connectivity index (χ0) is 25.9. The third-order valence-electron chi connectivity index (χ3n) is 5.17. The summed E-state index contributed by atoms with van der Waals surface area (Å²) in [7, 11) is 3.69. The third-order valence-corrected chi connectivity index (χ3v) is 11.5. The Kier molecular flexibility index (Phi) is 7.11. The molecule has 0 aliphatic heterocycles. The zero-order valence-electron chi connectivity index (χ0n) is 18.6. The molecule has 0 aliphatic rings. The van der Waals surface area contributed by atoms with Crippen LogP contribution in [0.5, 0.6) is 17.2 Å². The number of nitro groups is 3. The predicted octanol–water partition coefficient (Wildman–Crippen LogP) is 1.83.